The van der Waals surface area contributed by atoms with Crippen LogP contribution >= 0.6 is 0 Å². The van der Waals surface area contributed by atoms with Crippen molar-refractivity contribution in [2.45, 2.75) is 12.6 Å². The van der Waals surface area contributed by atoms with Gasteiger partial charge < -0.3 is 14.4 Å². The van der Waals surface area contributed by atoms with Gasteiger partial charge in [0.1, 0.15) is 6.04 Å². The third-order valence-electron chi connectivity index (χ3n) is 5.27. The molecule has 2 fully saturated rings. The Bertz CT molecular complexity index is 901. The second-order valence-electron chi connectivity index (χ2n) is 6.92. The van der Waals surface area contributed by atoms with E-state index in [2.05, 4.69) is 17.0 Å². The SMILES string of the molecule is O=C1C2CN(Cc3ccccc3)CCN2C(=O)N1c1ccc2c(c1)OCO2. The van der Waals surface area contributed by atoms with Crippen LogP contribution in [-0.2, 0) is 11.3 Å². The Balaban J connectivity index is 1.36. The molecule has 2 aromatic carbocycles. The van der Waals surface area contributed by atoms with E-state index >= 15 is 0 Å². The van der Waals surface area contributed by atoms with Gasteiger partial charge in [0.25, 0.3) is 5.91 Å². The summed E-state index contributed by atoms with van der Waals surface area (Å²) in [4.78, 5) is 31.0. The van der Waals surface area contributed by atoms with Crippen LogP contribution in [0.5, 0.6) is 11.5 Å². The van der Waals surface area contributed by atoms with Gasteiger partial charge in [0, 0.05) is 32.2 Å². The van der Waals surface area contributed by atoms with Gasteiger partial charge in [-0.15, -0.1) is 0 Å². The van der Waals surface area contributed by atoms with E-state index in [9.17, 15) is 9.59 Å². The molecule has 0 radical (unpaired) electrons. The Hall–Kier alpha value is -3.06. The summed E-state index contributed by atoms with van der Waals surface area (Å²) in [6.07, 6.45) is 0. The van der Waals surface area contributed by atoms with E-state index in [1.165, 1.54) is 10.5 Å². The van der Waals surface area contributed by atoms with Crippen molar-refractivity contribution in [2.24, 2.45) is 0 Å². The fraction of sp³-hybridized carbons (Fsp3) is 0.300. The molecule has 3 aliphatic rings. The summed E-state index contributed by atoms with van der Waals surface area (Å²) in [7, 11) is 0. The highest BCUT2D eigenvalue weighted by atomic mass is 16.7. The summed E-state index contributed by atoms with van der Waals surface area (Å²) in [5.74, 6) is 1.00. The van der Waals surface area contributed by atoms with Crippen molar-refractivity contribution in [2.75, 3.05) is 31.3 Å². The Morgan fingerprint density at radius 3 is 2.63 bits per heavy atom. The summed E-state index contributed by atoms with van der Waals surface area (Å²) < 4.78 is 10.7. The Labute approximate surface area is 156 Å². The minimum atomic E-state index is -0.444. The molecule has 2 saturated heterocycles. The quantitative estimate of drug-likeness (QED) is 0.780. The Morgan fingerprint density at radius 2 is 1.78 bits per heavy atom. The van der Waals surface area contributed by atoms with Crippen molar-refractivity contribution in [3.05, 3.63) is 54.1 Å². The van der Waals surface area contributed by atoms with Crippen molar-refractivity contribution in [3.8, 4) is 11.5 Å². The molecule has 3 aliphatic heterocycles. The number of hydrogen-bond donors (Lipinski definition) is 0. The minimum Gasteiger partial charge on any atom is -0.454 e. The molecule has 0 aromatic heterocycles. The summed E-state index contributed by atoms with van der Waals surface area (Å²) in [5, 5.41) is 0. The number of urea groups is 1. The fourth-order valence-corrected chi connectivity index (χ4v) is 3.90. The van der Waals surface area contributed by atoms with Crippen LogP contribution in [0.4, 0.5) is 10.5 Å². The number of ether oxygens (including phenoxy) is 2. The number of rotatable bonds is 3. The lowest BCUT2D eigenvalue weighted by molar-refractivity contribution is -0.121. The van der Waals surface area contributed by atoms with Crippen LogP contribution in [0.2, 0.25) is 0 Å². The second kappa shape index (κ2) is 6.28. The predicted molar refractivity (Wildman–Crippen MR) is 97.7 cm³/mol. The highest BCUT2D eigenvalue weighted by molar-refractivity contribution is 6.21. The van der Waals surface area contributed by atoms with E-state index in [0.29, 0.717) is 30.3 Å². The number of imide groups is 1. The molecule has 7 nitrogen and oxygen atoms in total. The maximum atomic E-state index is 13.0. The third kappa shape index (κ3) is 2.71. The van der Waals surface area contributed by atoms with Crippen LogP contribution in [-0.4, -0.2) is 54.2 Å². The Kier molecular flexibility index (Phi) is 3.75. The van der Waals surface area contributed by atoms with Crippen molar-refractivity contribution >= 4 is 17.6 Å². The van der Waals surface area contributed by atoms with Gasteiger partial charge in [-0.2, -0.15) is 0 Å². The van der Waals surface area contributed by atoms with Crippen molar-refractivity contribution in [1.82, 2.24) is 9.80 Å². The molecule has 2 aromatic rings. The first-order chi connectivity index (χ1) is 13.2. The molecule has 7 heteroatoms. The van der Waals surface area contributed by atoms with Crippen LogP contribution in [0.25, 0.3) is 0 Å². The topological polar surface area (TPSA) is 62.3 Å². The standard InChI is InChI=1S/C20H19N3O4/c24-19-16-12-21(11-14-4-2-1-3-5-14)8-9-22(16)20(25)23(19)15-6-7-17-18(10-15)27-13-26-17/h1-7,10,16H,8-9,11-13H2. The zero-order valence-electron chi connectivity index (χ0n) is 14.7. The first-order valence-corrected chi connectivity index (χ1v) is 9.01. The van der Waals surface area contributed by atoms with Crippen molar-refractivity contribution in [3.63, 3.8) is 0 Å². The molecule has 3 heterocycles. The van der Waals surface area contributed by atoms with Crippen LogP contribution in [0.15, 0.2) is 48.5 Å². The summed E-state index contributed by atoms with van der Waals surface area (Å²) in [5.41, 5.74) is 1.73. The highest BCUT2D eigenvalue weighted by Gasteiger charge is 2.48. The predicted octanol–water partition coefficient (Wildman–Crippen LogP) is 2.07. The average molecular weight is 365 g/mol. The van der Waals surface area contributed by atoms with Crippen LogP contribution in [0, 0.1) is 0 Å². The lowest BCUT2D eigenvalue weighted by Crippen LogP contribution is -2.52. The average Bonchev–Trinajstić information content (AvgIpc) is 3.25. The molecule has 138 valence electrons. The van der Waals surface area contributed by atoms with E-state index in [4.69, 9.17) is 9.47 Å². The Morgan fingerprint density at radius 1 is 0.963 bits per heavy atom. The maximum absolute atomic E-state index is 13.0. The molecule has 0 spiro atoms. The minimum absolute atomic E-state index is 0.157. The molecule has 1 unspecified atom stereocenters. The van der Waals surface area contributed by atoms with E-state index in [0.717, 1.165) is 13.1 Å². The van der Waals surface area contributed by atoms with Gasteiger partial charge in [0.05, 0.1) is 5.69 Å². The lowest BCUT2D eigenvalue weighted by atomic mass is 10.1. The molecule has 5 rings (SSSR count). The second-order valence-corrected chi connectivity index (χ2v) is 6.92. The van der Waals surface area contributed by atoms with Crippen LogP contribution < -0.4 is 14.4 Å². The number of carbonyl (C=O) groups excluding carboxylic acids is 2. The molecular formula is C20H19N3O4. The molecule has 3 amide bonds. The number of hydrogen-bond acceptors (Lipinski definition) is 5. The maximum Gasteiger partial charge on any atom is 0.332 e. The smallest absolute Gasteiger partial charge is 0.332 e. The van der Waals surface area contributed by atoms with Crippen LogP contribution in [0.3, 0.4) is 0 Å². The van der Waals surface area contributed by atoms with Gasteiger partial charge in [0.2, 0.25) is 6.79 Å². The number of nitrogens with zero attached hydrogens (tertiary/aromatic N) is 3. The molecule has 1 atom stereocenters. The number of amides is 3. The summed E-state index contributed by atoms with van der Waals surface area (Å²) in [6.45, 7) is 2.77. The molecule has 0 aliphatic carbocycles. The van der Waals surface area contributed by atoms with Gasteiger partial charge in [-0.3, -0.25) is 9.69 Å². The van der Waals surface area contributed by atoms with Gasteiger partial charge in [-0.25, -0.2) is 9.69 Å². The molecule has 0 N–H and O–H groups in total. The van der Waals surface area contributed by atoms with Gasteiger partial charge in [-0.05, 0) is 17.7 Å². The fourth-order valence-electron chi connectivity index (χ4n) is 3.90. The number of fused-ring (bicyclic) bond motifs is 2. The normalized spacial score (nSPS) is 21.7. The number of carbonyl (C=O) groups is 2. The number of anilines is 1. The number of piperazine rings is 1. The molecule has 0 bridgehead atoms. The summed E-state index contributed by atoms with van der Waals surface area (Å²) in [6, 6.07) is 14.6. The van der Waals surface area contributed by atoms with Crippen molar-refractivity contribution in [1.29, 1.82) is 0 Å². The van der Waals surface area contributed by atoms with Gasteiger partial charge in [0.15, 0.2) is 11.5 Å². The molecular weight excluding hydrogens is 346 g/mol. The largest absolute Gasteiger partial charge is 0.454 e. The van der Waals surface area contributed by atoms with Crippen molar-refractivity contribution < 1.29 is 19.1 Å². The first-order valence-electron chi connectivity index (χ1n) is 9.01. The van der Waals surface area contributed by atoms with E-state index in [-0.39, 0.29) is 18.7 Å². The lowest BCUT2D eigenvalue weighted by Gasteiger charge is -2.35. The van der Waals surface area contributed by atoms with E-state index in [1.807, 2.05) is 18.2 Å². The molecule has 27 heavy (non-hydrogen) atoms. The van der Waals surface area contributed by atoms with E-state index < -0.39 is 6.04 Å². The van der Waals surface area contributed by atoms with Gasteiger partial charge in [-0.1, -0.05) is 30.3 Å². The zero-order valence-corrected chi connectivity index (χ0v) is 14.7. The first kappa shape index (κ1) is 16.1. The number of benzene rings is 2. The van der Waals surface area contributed by atoms with E-state index in [1.54, 1.807) is 23.1 Å². The highest BCUT2D eigenvalue weighted by Crippen LogP contribution is 2.37. The monoisotopic (exact) mass is 365 g/mol. The molecule has 0 saturated carbocycles. The third-order valence-corrected chi connectivity index (χ3v) is 5.27. The van der Waals surface area contributed by atoms with Gasteiger partial charge >= 0.3 is 6.03 Å². The van der Waals surface area contributed by atoms with Crippen LogP contribution in [0.1, 0.15) is 5.56 Å². The zero-order chi connectivity index (χ0) is 18.4. The summed E-state index contributed by atoms with van der Waals surface area (Å²) >= 11 is 0.